The van der Waals surface area contributed by atoms with Gasteiger partial charge in [-0.3, -0.25) is 14.2 Å². The predicted molar refractivity (Wildman–Crippen MR) is 268 cm³/mol. The molecule has 0 saturated carbocycles. The number of allylic oxidation sites excluding steroid dienone is 8. The largest absolute Gasteiger partial charge is 0.756 e. The van der Waals surface area contributed by atoms with Gasteiger partial charge >= 0.3 is 11.9 Å². The Morgan fingerprint density at radius 1 is 0.484 bits per heavy atom. The molecule has 10 heteroatoms. The Balaban J connectivity index is 4.28. The number of phosphoric acid groups is 1. The Bertz CT molecular complexity index is 1230. The third kappa shape index (κ3) is 49.4. The van der Waals surface area contributed by atoms with E-state index in [2.05, 4.69) is 62.5 Å². The first-order chi connectivity index (χ1) is 31.0. The van der Waals surface area contributed by atoms with E-state index in [9.17, 15) is 19.0 Å². The molecule has 0 fully saturated rings. The Hall–Kier alpha value is -2.03. The molecule has 9 nitrogen and oxygen atoms in total. The van der Waals surface area contributed by atoms with E-state index in [1.807, 2.05) is 21.1 Å². The van der Waals surface area contributed by atoms with Gasteiger partial charge in [0.05, 0.1) is 27.7 Å². The molecule has 0 rings (SSSR count). The summed E-state index contributed by atoms with van der Waals surface area (Å²) in [5, 5.41) is 0. The summed E-state index contributed by atoms with van der Waals surface area (Å²) in [4.78, 5) is 37.7. The minimum Gasteiger partial charge on any atom is -0.756 e. The lowest BCUT2D eigenvalue weighted by Gasteiger charge is -2.28. The molecule has 0 aromatic carbocycles. The Labute approximate surface area is 394 Å². The fraction of sp³-hybridized carbons (Fsp3) is 0.815. The number of unbranched alkanes of at least 4 members (excludes halogenated alkanes) is 26. The standard InChI is InChI=1S/C54H100NO8P/c1-6-8-10-12-14-16-18-20-22-24-26-27-29-31-33-35-37-39-41-43-45-47-54(57)63-52(51-62-64(58,59)61-49-48-55(3,4)5)50-60-53(56)46-44-42-40-38-36-34-32-30-28-25-23-21-19-17-15-13-11-9-7-2/h15,17,21,23,28,30,34,36,52H,6-14,16,18-20,22,24-27,29,31-33,35,37-51H2,1-5H3/b17-15-,23-21-,30-28-,36-34-/t52-/m1/s1. The fourth-order valence-corrected chi connectivity index (χ4v) is 7.96. The van der Waals surface area contributed by atoms with Crippen LogP contribution < -0.4 is 4.89 Å². The van der Waals surface area contributed by atoms with Crippen LogP contribution in [0, 0.1) is 0 Å². The fourth-order valence-electron chi connectivity index (χ4n) is 7.23. The van der Waals surface area contributed by atoms with Gasteiger partial charge in [-0.1, -0.05) is 210 Å². The molecule has 0 heterocycles. The van der Waals surface area contributed by atoms with Crippen molar-refractivity contribution >= 4 is 19.8 Å². The second-order valence-corrected chi connectivity index (χ2v) is 20.3. The number of hydrogen-bond donors (Lipinski definition) is 0. The quantitative estimate of drug-likeness (QED) is 0.0195. The van der Waals surface area contributed by atoms with Crippen LogP contribution in [0.5, 0.6) is 0 Å². The van der Waals surface area contributed by atoms with Gasteiger partial charge in [0.1, 0.15) is 19.8 Å². The van der Waals surface area contributed by atoms with Crippen molar-refractivity contribution in [1.82, 2.24) is 0 Å². The van der Waals surface area contributed by atoms with Crippen molar-refractivity contribution in [2.24, 2.45) is 0 Å². The van der Waals surface area contributed by atoms with Crippen LogP contribution in [0.2, 0.25) is 0 Å². The van der Waals surface area contributed by atoms with Crippen molar-refractivity contribution in [3.05, 3.63) is 48.6 Å². The molecule has 0 spiro atoms. The number of quaternary nitrogens is 1. The van der Waals surface area contributed by atoms with E-state index >= 15 is 0 Å². The molecule has 0 aliphatic heterocycles. The maximum atomic E-state index is 12.8. The lowest BCUT2D eigenvalue weighted by molar-refractivity contribution is -0.870. The van der Waals surface area contributed by atoms with Crippen molar-refractivity contribution in [1.29, 1.82) is 0 Å². The zero-order chi connectivity index (χ0) is 47.1. The van der Waals surface area contributed by atoms with Gasteiger partial charge in [0.2, 0.25) is 0 Å². The molecule has 0 amide bonds. The predicted octanol–water partition coefficient (Wildman–Crippen LogP) is 15.2. The number of esters is 2. The average molecular weight is 922 g/mol. The smallest absolute Gasteiger partial charge is 0.306 e. The number of carbonyl (C=O) groups is 2. The minimum absolute atomic E-state index is 0.0361. The van der Waals surface area contributed by atoms with Gasteiger partial charge in [-0.15, -0.1) is 0 Å². The molecular formula is C54H100NO8P. The lowest BCUT2D eigenvalue weighted by Crippen LogP contribution is -2.37. The molecule has 0 bridgehead atoms. The number of nitrogens with zero attached hydrogens (tertiary/aromatic N) is 1. The second-order valence-electron chi connectivity index (χ2n) is 18.9. The van der Waals surface area contributed by atoms with E-state index in [-0.39, 0.29) is 26.1 Å². The van der Waals surface area contributed by atoms with Crippen molar-refractivity contribution in [3.8, 4) is 0 Å². The summed E-state index contributed by atoms with van der Waals surface area (Å²) in [6, 6.07) is 0. The van der Waals surface area contributed by atoms with Crippen LogP contribution in [-0.4, -0.2) is 70.0 Å². The highest BCUT2D eigenvalue weighted by molar-refractivity contribution is 7.45. The highest BCUT2D eigenvalue weighted by atomic mass is 31.2. The molecule has 0 saturated heterocycles. The molecule has 0 aliphatic rings. The number of likely N-dealkylation sites (N-methyl/N-ethyl adjacent to an activating group) is 1. The molecule has 0 aromatic rings. The summed E-state index contributed by atoms with van der Waals surface area (Å²) in [5.41, 5.74) is 0. The molecule has 0 aromatic heterocycles. The second kappa shape index (κ2) is 46.1. The molecule has 0 N–H and O–H groups in total. The lowest BCUT2D eigenvalue weighted by atomic mass is 10.0. The highest BCUT2D eigenvalue weighted by Gasteiger charge is 2.21. The summed E-state index contributed by atoms with van der Waals surface area (Å²) >= 11 is 0. The molecule has 0 aliphatic carbocycles. The van der Waals surface area contributed by atoms with E-state index in [0.29, 0.717) is 23.9 Å². The van der Waals surface area contributed by atoms with Crippen LogP contribution >= 0.6 is 7.82 Å². The minimum atomic E-state index is -4.64. The van der Waals surface area contributed by atoms with Crippen LogP contribution in [0.4, 0.5) is 0 Å². The molecule has 2 atom stereocenters. The summed E-state index contributed by atoms with van der Waals surface area (Å²) in [7, 11) is 1.15. The number of rotatable bonds is 48. The van der Waals surface area contributed by atoms with E-state index in [0.717, 1.165) is 57.8 Å². The summed E-state index contributed by atoms with van der Waals surface area (Å²) in [6.07, 6.45) is 55.7. The highest BCUT2D eigenvalue weighted by Crippen LogP contribution is 2.38. The maximum Gasteiger partial charge on any atom is 0.306 e. The van der Waals surface area contributed by atoms with E-state index < -0.39 is 32.5 Å². The van der Waals surface area contributed by atoms with E-state index in [4.69, 9.17) is 18.5 Å². The molecular weight excluding hydrogens is 822 g/mol. The van der Waals surface area contributed by atoms with E-state index in [1.54, 1.807) is 0 Å². The van der Waals surface area contributed by atoms with Gasteiger partial charge in [-0.2, -0.15) is 0 Å². The SMILES string of the molecule is CCCCC/C=C\C/C=C\C/C=C\C/C=C\CCCCCC(=O)OC[C@H](COP(=O)([O-])OCC[N+](C)(C)C)OC(=O)CCCCCCCCCCCCCCCCCCCCCCC. The maximum absolute atomic E-state index is 12.8. The number of ether oxygens (including phenoxy) is 2. The Kier molecular flexibility index (Phi) is 44.6. The van der Waals surface area contributed by atoms with Gasteiger partial charge < -0.3 is 27.9 Å². The van der Waals surface area contributed by atoms with Crippen molar-refractivity contribution in [2.45, 2.75) is 238 Å². The van der Waals surface area contributed by atoms with Crippen molar-refractivity contribution < 1.29 is 42.1 Å². The third-order valence-electron chi connectivity index (χ3n) is 11.4. The topological polar surface area (TPSA) is 111 Å². The average Bonchev–Trinajstić information content (AvgIpc) is 3.25. The summed E-state index contributed by atoms with van der Waals surface area (Å²) in [5.74, 6) is -0.862. The number of hydrogen-bond acceptors (Lipinski definition) is 8. The van der Waals surface area contributed by atoms with Gasteiger partial charge in [-0.05, 0) is 57.8 Å². The van der Waals surface area contributed by atoms with Crippen LogP contribution in [0.1, 0.15) is 232 Å². The summed E-state index contributed by atoms with van der Waals surface area (Å²) < 4.78 is 34.0. The Morgan fingerprint density at radius 3 is 1.28 bits per heavy atom. The number of phosphoric ester groups is 1. The zero-order valence-corrected chi connectivity index (χ0v) is 43.1. The summed E-state index contributed by atoms with van der Waals surface area (Å²) in [6.45, 7) is 4.20. The van der Waals surface area contributed by atoms with Crippen molar-refractivity contribution in [3.63, 3.8) is 0 Å². The van der Waals surface area contributed by atoms with Crippen molar-refractivity contribution in [2.75, 3.05) is 47.5 Å². The number of carbonyl (C=O) groups excluding carboxylic acids is 2. The molecule has 374 valence electrons. The normalized spacial score (nSPS) is 13.8. The van der Waals surface area contributed by atoms with Crippen LogP contribution in [-0.2, 0) is 32.7 Å². The van der Waals surface area contributed by atoms with Crippen LogP contribution in [0.25, 0.3) is 0 Å². The third-order valence-corrected chi connectivity index (χ3v) is 12.3. The molecule has 1 unspecified atom stereocenters. The van der Waals surface area contributed by atoms with E-state index in [1.165, 1.54) is 135 Å². The van der Waals surface area contributed by atoms with Gasteiger partial charge in [-0.25, -0.2) is 0 Å². The first-order valence-corrected chi connectivity index (χ1v) is 27.8. The first kappa shape index (κ1) is 62.0. The van der Waals surface area contributed by atoms with Crippen LogP contribution in [0.3, 0.4) is 0 Å². The van der Waals surface area contributed by atoms with Gasteiger partial charge in [0.25, 0.3) is 7.82 Å². The zero-order valence-electron chi connectivity index (χ0n) is 42.2. The van der Waals surface area contributed by atoms with Gasteiger partial charge in [0, 0.05) is 12.8 Å². The van der Waals surface area contributed by atoms with Crippen LogP contribution in [0.15, 0.2) is 48.6 Å². The first-order valence-electron chi connectivity index (χ1n) is 26.3. The van der Waals surface area contributed by atoms with Gasteiger partial charge in [0.15, 0.2) is 6.10 Å². The molecule has 64 heavy (non-hydrogen) atoms. The Morgan fingerprint density at radius 2 is 0.844 bits per heavy atom. The molecule has 0 radical (unpaired) electrons. The monoisotopic (exact) mass is 922 g/mol.